The van der Waals surface area contributed by atoms with E-state index in [0.717, 1.165) is 0 Å². The van der Waals surface area contributed by atoms with Crippen LogP contribution in [0.4, 0.5) is 0 Å². The lowest BCUT2D eigenvalue weighted by atomic mass is 10.3. The van der Waals surface area contributed by atoms with Crippen LogP contribution in [0.1, 0.15) is 23.5 Å². The molecule has 0 saturated heterocycles. The normalized spacial score (nSPS) is 9.12. The second-order valence-electron chi connectivity index (χ2n) is 2.94. The van der Waals surface area contributed by atoms with Gasteiger partial charge in [-0.2, -0.15) is 15.6 Å². The van der Waals surface area contributed by atoms with E-state index in [1.807, 2.05) is 12.1 Å². The average Bonchev–Trinajstić information content (AvgIpc) is 2.82. The minimum absolute atomic E-state index is 0.121. The number of aromatic amines is 1. The lowest BCUT2D eigenvalue weighted by molar-refractivity contribution is 0.0750. The van der Waals surface area contributed by atoms with Crippen LogP contribution in [-0.4, -0.2) is 39.1 Å². The fourth-order valence-corrected chi connectivity index (χ4v) is 1.14. The average molecular weight is 218 g/mol. The van der Waals surface area contributed by atoms with Gasteiger partial charge in [-0.25, -0.2) is 4.98 Å². The molecule has 0 fully saturated rings. The molecular weight excluding hydrogens is 208 g/mol. The molecule has 0 saturated carbocycles. The lowest BCUT2D eigenvalue weighted by Gasteiger charge is -2.18. The summed E-state index contributed by atoms with van der Waals surface area (Å²) >= 11 is 0. The number of aromatic nitrogens is 3. The Morgan fingerprint density at radius 2 is 2.00 bits per heavy atom. The molecule has 0 radical (unpaired) electrons. The summed E-state index contributed by atoms with van der Waals surface area (Å²) in [5.74, 6) is -0.223. The first-order valence-corrected chi connectivity index (χ1v) is 4.68. The van der Waals surface area contributed by atoms with Crippen molar-refractivity contribution in [2.45, 2.75) is 12.8 Å². The number of carbonyl (C=O) groups excluding carboxylic acids is 1. The Labute approximate surface area is 92.3 Å². The van der Waals surface area contributed by atoms with E-state index >= 15 is 0 Å². The molecule has 0 unspecified atom stereocenters. The molecule has 1 amide bonds. The van der Waals surface area contributed by atoms with E-state index in [2.05, 4.69) is 15.2 Å². The smallest absolute Gasteiger partial charge is 0.291 e. The zero-order chi connectivity index (χ0) is 11.8. The Kier molecular flexibility index (Phi) is 4.48. The highest BCUT2D eigenvalue weighted by molar-refractivity contribution is 5.90. The summed E-state index contributed by atoms with van der Waals surface area (Å²) in [4.78, 5) is 16.9. The van der Waals surface area contributed by atoms with Gasteiger partial charge in [-0.1, -0.05) is 0 Å². The minimum Gasteiger partial charge on any atom is -0.334 e. The number of nitriles is 2. The summed E-state index contributed by atoms with van der Waals surface area (Å²) in [6.45, 7) is 0.579. The molecule has 0 spiro atoms. The monoisotopic (exact) mass is 218 g/mol. The summed E-state index contributed by atoms with van der Waals surface area (Å²) < 4.78 is 0. The standard InChI is InChI=1S/C9H10N6O/c10-3-1-5-15(6-2-4-11)9(16)8-12-7-13-14-8/h7H,1-2,5-6H2,(H,12,13,14). The van der Waals surface area contributed by atoms with E-state index in [1.54, 1.807) is 0 Å². The highest BCUT2D eigenvalue weighted by Gasteiger charge is 2.17. The third-order valence-corrected chi connectivity index (χ3v) is 1.89. The van der Waals surface area contributed by atoms with Crippen LogP contribution in [0, 0.1) is 22.7 Å². The molecule has 16 heavy (non-hydrogen) atoms. The van der Waals surface area contributed by atoms with E-state index in [1.165, 1.54) is 11.2 Å². The zero-order valence-electron chi connectivity index (χ0n) is 8.55. The molecule has 82 valence electrons. The first-order valence-electron chi connectivity index (χ1n) is 4.68. The van der Waals surface area contributed by atoms with Crippen LogP contribution >= 0.6 is 0 Å². The Bertz CT molecular complexity index is 394. The molecule has 7 nitrogen and oxygen atoms in total. The lowest BCUT2D eigenvalue weighted by Crippen LogP contribution is -2.33. The van der Waals surface area contributed by atoms with Gasteiger partial charge in [0.05, 0.1) is 25.0 Å². The second kappa shape index (κ2) is 6.14. The Morgan fingerprint density at radius 1 is 1.38 bits per heavy atom. The van der Waals surface area contributed by atoms with Crippen LogP contribution in [-0.2, 0) is 0 Å². The number of hydrogen-bond donors (Lipinski definition) is 1. The minimum atomic E-state index is -0.344. The highest BCUT2D eigenvalue weighted by atomic mass is 16.2. The third-order valence-electron chi connectivity index (χ3n) is 1.89. The van der Waals surface area contributed by atoms with Gasteiger partial charge >= 0.3 is 0 Å². The maximum atomic E-state index is 11.8. The highest BCUT2D eigenvalue weighted by Crippen LogP contribution is 2.00. The number of amides is 1. The quantitative estimate of drug-likeness (QED) is 0.752. The fourth-order valence-electron chi connectivity index (χ4n) is 1.14. The van der Waals surface area contributed by atoms with Crippen LogP contribution in [0.25, 0.3) is 0 Å². The van der Waals surface area contributed by atoms with Crippen LogP contribution in [0.3, 0.4) is 0 Å². The van der Waals surface area contributed by atoms with E-state index in [0.29, 0.717) is 0 Å². The van der Waals surface area contributed by atoms with Crippen molar-refractivity contribution >= 4 is 5.91 Å². The molecule has 7 heteroatoms. The molecule has 1 aromatic heterocycles. The van der Waals surface area contributed by atoms with Crippen molar-refractivity contribution in [3.63, 3.8) is 0 Å². The van der Waals surface area contributed by atoms with Crippen molar-refractivity contribution < 1.29 is 4.79 Å². The van der Waals surface area contributed by atoms with Crippen molar-refractivity contribution in [2.75, 3.05) is 13.1 Å². The topological polar surface area (TPSA) is 109 Å². The van der Waals surface area contributed by atoms with Crippen molar-refractivity contribution in [1.82, 2.24) is 20.1 Å². The van der Waals surface area contributed by atoms with Gasteiger partial charge in [0.1, 0.15) is 6.33 Å². The Morgan fingerprint density at radius 3 is 2.44 bits per heavy atom. The summed E-state index contributed by atoms with van der Waals surface area (Å²) in [6.07, 6.45) is 1.69. The molecule has 1 N–H and O–H groups in total. The number of hydrogen-bond acceptors (Lipinski definition) is 5. The molecule has 0 aliphatic heterocycles. The van der Waals surface area contributed by atoms with Crippen molar-refractivity contribution in [1.29, 1.82) is 10.5 Å². The molecule has 1 rings (SSSR count). The Balaban J connectivity index is 2.65. The van der Waals surface area contributed by atoms with Crippen LogP contribution in [0.15, 0.2) is 6.33 Å². The van der Waals surface area contributed by atoms with Crippen LogP contribution in [0.2, 0.25) is 0 Å². The van der Waals surface area contributed by atoms with Gasteiger partial charge in [0.2, 0.25) is 5.82 Å². The number of carbonyl (C=O) groups is 1. The largest absolute Gasteiger partial charge is 0.334 e. The number of rotatable bonds is 5. The van der Waals surface area contributed by atoms with E-state index in [-0.39, 0.29) is 37.7 Å². The molecule has 1 heterocycles. The van der Waals surface area contributed by atoms with Gasteiger partial charge in [0.15, 0.2) is 0 Å². The molecule has 0 atom stereocenters. The number of nitrogens with one attached hydrogen (secondary N) is 1. The SMILES string of the molecule is N#CCCN(CCC#N)C(=O)c1ncn[nH]1. The molecule has 0 aromatic carbocycles. The fraction of sp³-hybridized carbons (Fsp3) is 0.444. The summed E-state index contributed by atoms with van der Waals surface area (Å²) in [5, 5.41) is 23.0. The van der Waals surface area contributed by atoms with E-state index < -0.39 is 0 Å². The summed E-state index contributed by atoms with van der Waals surface area (Å²) in [6, 6.07) is 3.90. The maximum absolute atomic E-state index is 11.8. The summed E-state index contributed by atoms with van der Waals surface area (Å²) in [5.41, 5.74) is 0. The maximum Gasteiger partial charge on any atom is 0.291 e. The van der Waals surface area contributed by atoms with E-state index in [4.69, 9.17) is 10.5 Å². The van der Waals surface area contributed by atoms with Gasteiger partial charge in [-0.3, -0.25) is 9.89 Å². The van der Waals surface area contributed by atoms with Crippen molar-refractivity contribution in [3.8, 4) is 12.1 Å². The van der Waals surface area contributed by atoms with Gasteiger partial charge in [-0.05, 0) is 0 Å². The number of H-pyrrole nitrogens is 1. The van der Waals surface area contributed by atoms with E-state index in [9.17, 15) is 4.79 Å². The predicted molar refractivity (Wildman–Crippen MR) is 52.7 cm³/mol. The molecule has 0 bridgehead atoms. The van der Waals surface area contributed by atoms with Gasteiger partial charge in [-0.15, -0.1) is 0 Å². The van der Waals surface area contributed by atoms with Crippen LogP contribution < -0.4 is 0 Å². The first kappa shape index (κ1) is 11.7. The first-order chi connectivity index (χ1) is 7.79. The third kappa shape index (κ3) is 3.07. The predicted octanol–water partition coefficient (Wildman–Crippen LogP) is 0.0743. The van der Waals surface area contributed by atoms with Gasteiger partial charge < -0.3 is 4.90 Å². The van der Waals surface area contributed by atoms with Crippen LogP contribution in [0.5, 0.6) is 0 Å². The second-order valence-corrected chi connectivity index (χ2v) is 2.94. The molecule has 1 aromatic rings. The van der Waals surface area contributed by atoms with Gasteiger partial charge in [0, 0.05) is 13.1 Å². The zero-order valence-corrected chi connectivity index (χ0v) is 8.55. The van der Waals surface area contributed by atoms with Crippen molar-refractivity contribution in [2.24, 2.45) is 0 Å². The van der Waals surface area contributed by atoms with Crippen molar-refractivity contribution in [3.05, 3.63) is 12.2 Å². The molecule has 0 aliphatic rings. The van der Waals surface area contributed by atoms with Gasteiger partial charge in [0.25, 0.3) is 5.91 Å². The Hall–Kier alpha value is -2.41. The molecular formula is C9H10N6O. The number of nitrogens with zero attached hydrogens (tertiary/aromatic N) is 5. The molecule has 0 aliphatic carbocycles. The summed E-state index contributed by atoms with van der Waals surface area (Å²) in [7, 11) is 0.